The van der Waals surface area contributed by atoms with Crippen LogP contribution in [0.15, 0.2) is 0 Å². The van der Waals surface area contributed by atoms with E-state index in [0.717, 1.165) is 0 Å². The zero-order valence-corrected chi connectivity index (χ0v) is 13.4. The Kier molecular flexibility index (Phi) is 9.62. The maximum absolute atomic E-state index is 12.3. The minimum atomic E-state index is -0.657. The number of rotatable bonds is 11. The van der Waals surface area contributed by atoms with Crippen molar-refractivity contribution >= 4 is 17.6 Å². The molecule has 0 unspecified atom stereocenters. The highest BCUT2D eigenvalue weighted by Crippen LogP contribution is 2.15. The quantitative estimate of drug-likeness (QED) is 0.521. The SMILES string of the molecule is CC(=O)CC[C@@H](CCCN)C(=O)N[C@@H](CC(C)C)C(N)=O. The number of hydrogen-bond donors (Lipinski definition) is 3. The second-order valence-electron chi connectivity index (χ2n) is 5.96. The molecule has 0 aromatic rings. The molecule has 2 amide bonds. The molecule has 0 heterocycles. The van der Waals surface area contributed by atoms with Crippen molar-refractivity contribution in [1.82, 2.24) is 5.32 Å². The Labute approximate surface area is 127 Å². The van der Waals surface area contributed by atoms with Crippen molar-refractivity contribution in [2.24, 2.45) is 23.3 Å². The van der Waals surface area contributed by atoms with Crippen LogP contribution in [0.3, 0.4) is 0 Å². The summed E-state index contributed by atoms with van der Waals surface area (Å²) >= 11 is 0. The van der Waals surface area contributed by atoms with E-state index in [4.69, 9.17) is 11.5 Å². The number of carbonyl (C=O) groups excluding carboxylic acids is 3. The van der Waals surface area contributed by atoms with Crippen LogP contribution in [0.25, 0.3) is 0 Å². The third-order valence-electron chi connectivity index (χ3n) is 3.34. The molecule has 0 saturated heterocycles. The monoisotopic (exact) mass is 299 g/mol. The van der Waals surface area contributed by atoms with Gasteiger partial charge in [-0.2, -0.15) is 0 Å². The number of ketones is 1. The predicted molar refractivity (Wildman–Crippen MR) is 82.3 cm³/mol. The first-order valence-corrected chi connectivity index (χ1v) is 7.57. The highest BCUT2D eigenvalue weighted by molar-refractivity contribution is 5.87. The molecule has 6 heteroatoms. The lowest BCUT2D eigenvalue weighted by atomic mass is 9.94. The van der Waals surface area contributed by atoms with E-state index in [2.05, 4.69) is 5.32 Å². The van der Waals surface area contributed by atoms with Crippen LogP contribution in [0.4, 0.5) is 0 Å². The summed E-state index contributed by atoms with van der Waals surface area (Å²) in [7, 11) is 0. The lowest BCUT2D eigenvalue weighted by Gasteiger charge is -2.21. The fourth-order valence-corrected chi connectivity index (χ4v) is 2.16. The average Bonchev–Trinajstić information content (AvgIpc) is 2.36. The molecule has 122 valence electrons. The Bertz CT molecular complexity index is 356. The number of primary amides is 1. The van der Waals surface area contributed by atoms with Gasteiger partial charge in [-0.1, -0.05) is 13.8 Å². The van der Waals surface area contributed by atoms with Crippen LogP contribution in [0.2, 0.25) is 0 Å². The summed E-state index contributed by atoms with van der Waals surface area (Å²) in [5.74, 6) is -0.738. The molecular weight excluding hydrogens is 270 g/mol. The fourth-order valence-electron chi connectivity index (χ4n) is 2.16. The molecule has 0 fully saturated rings. The van der Waals surface area contributed by atoms with Crippen LogP contribution < -0.4 is 16.8 Å². The van der Waals surface area contributed by atoms with Gasteiger partial charge in [0.1, 0.15) is 11.8 Å². The van der Waals surface area contributed by atoms with Crippen molar-refractivity contribution in [3.63, 3.8) is 0 Å². The van der Waals surface area contributed by atoms with Crippen molar-refractivity contribution in [2.75, 3.05) is 6.54 Å². The summed E-state index contributed by atoms with van der Waals surface area (Å²) in [6, 6.07) is -0.657. The standard InChI is InChI=1S/C15H29N3O3/c1-10(2)9-13(14(17)20)18-15(21)12(5-4-8-16)7-6-11(3)19/h10,12-13H,4-9,16H2,1-3H3,(H2,17,20)(H,18,21)/t12-,13+/m1/s1. The van der Waals surface area contributed by atoms with E-state index in [0.29, 0.717) is 38.6 Å². The lowest BCUT2D eigenvalue weighted by molar-refractivity contribution is -0.130. The third-order valence-corrected chi connectivity index (χ3v) is 3.34. The predicted octanol–water partition coefficient (Wildman–Crippen LogP) is 0.727. The van der Waals surface area contributed by atoms with Crippen molar-refractivity contribution in [3.05, 3.63) is 0 Å². The second-order valence-corrected chi connectivity index (χ2v) is 5.96. The fraction of sp³-hybridized carbons (Fsp3) is 0.800. The molecule has 0 spiro atoms. The normalized spacial score (nSPS) is 13.8. The van der Waals surface area contributed by atoms with Crippen LogP contribution >= 0.6 is 0 Å². The zero-order chi connectivity index (χ0) is 16.4. The molecule has 6 nitrogen and oxygen atoms in total. The van der Waals surface area contributed by atoms with E-state index >= 15 is 0 Å². The molecule has 21 heavy (non-hydrogen) atoms. The van der Waals surface area contributed by atoms with Gasteiger partial charge in [-0.25, -0.2) is 0 Å². The van der Waals surface area contributed by atoms with Gasteiger partial charge in [0.05, 0.1) is 0 Å². The molecule has 2 atom stereocenters. The van der Waals surface area contributed by atoms with Crippen LogP contribution in [0.1, 0.15) is 52.9 Å². The van der Waals surface area contributed by atoms with Gasteiger partial charge >= 0.3 is 0 Å². The van der Waals surface area contributed by atoms with E-state index in [9.17, 15) is 14.4 Å². The van der Waals surface area contributed by atoms with E-state index in [1.165, 1.54) is 6.92 Å². The minimum Gasteiger partial charge on any atom is -0.368 e. The van der Waals surface area contributed by atoms with Gasteiger partial charge in [0, 0.05) is 12.3 Å². The van der Waals surface area contributed by atoms with E-state index in [1.807, 2.05) is 13.8 Å². The Balaban J connectivity index is 4.66. The highest BCUT2D eigenvalue weighted by atomic mass is 16.2. The van der Waals surface area contributed by atoms with Gasteiger partial charge in [-0.15, -0.1) is 0 Å². The van der Waals surface area contributed by atoms with E-state index in [1.54, 1.807) is 0 Å². The van der Waals surface area contributed by atoms with Crippen LogP contribution in [0, 0.1) is 11.8 Å². The van der Waals surface area contributed by atoms with Crippen LogP contribution in [-0.2, 0) is 14.4 Å². The molecule has 0 bridgehead atoms. The van der Waals surface area contributed by atoms with Gasteiger partial charge in [-0.3, -0.25) is 9.59 Å². The summed E-state index contributed by atoms with van der Waals surface area (Å²) < 4.78 is 0. The molecule has 0 aliphatic heterocycles. The molecule has 0 aromatic carbocycles. The number of nitrogens with one attached hydrogen (secondary N) is 1. The second kappa shape index (κ2) is 10.3. The first kappa shape index (κ1) is 19.6. The van der Waals surface area contributed by atoms with Crippen LogP contribution in [0.5, 0.6) is 0 Å². The van der Waals surface area contributed by atoms with Gasteiger partial charge in [0.25, 0.3) is 0 Å². The van der Waals surface area contributed by atoms with Crippen molar-refractivity contribution < 1.29 is 14.4 Å². The average molecular weight is 299 g/mol. The first-order valence-electron chi connectivity index (χ1n) is 7.57. The molecule has 0 rings (SSSR count). The van der Waals surface area contributed by atoms with Gasteiger partial charge in [0.2, 0.25) is 11.8 Å². The van der Waals surface area contributed by atoms with Crippen molar-refractivity contribution in [3.8, 4) is 0 Å². The van der Waals surface area contributed by atoms with Crippen LogP contribution in [-0.4, -0.2) is 30.2 Å². The molecule has 0 aliphatic rings. The molecule has 0 radical (unpaired) electrons. The van der Waals surface area contributed by atoms with Gasteiger partial charge in [-0.05, 0) is 45.1 Å². The Morgan fingerprint density at radius 3 is 2.19 bits per heavy atom. The molecule has 0 aromatic heterocycles. The summed E-state index contributed by atoms with van der Waals surface area (Å²) in [6.45, 7) is 5.92. The number of nitrogens with two attached hydrogens (primary N) is 2. The lowest BCUT2D eigenvalue weighted by Crippen LogP contribution is -2.47. The number of hydrogen-bond acceptors (Lipinski definition) is 4. The Morgan fingerprint density at radius 1 is 1.14 bits per heavy atom. The summed E-state index contributed by atoms with van der Waals surface area (Å²) in [5, 5.41) is 2.71. The van der Waals surface area contributed by atoms with Crippen molar-refractivity contribution in [2.45, 2.75) is 58.9 Å². The maximum Gasteiger partial charge on any atom is 0.240 e. The molecule has 0 saturated carbocycles. The Hall–Kier alpha value is -1.43. The van der Waals surface area contributed by atoms with Crippen molar-refractivity contribution in [1.29, 1.82) is 0 Å². The summed E-state index contributed by atoms with van der Waals surface area (Å²) in [4.78, 5) is 34.8. The molecule has 0 aliphatic carbocycles. The number of carbonyl (C=O) groups is 3. The number of amides is 2. The third kappa shape index (κ3) is 9.18. The first-order chi connectivity index (χ1) is 9.77. The molecular formula is C15H29N3O3. The Morgan fingerprint density at radius 2 is 1.76 bits per heavy atom. The smallest absolute Gasteiger partial charge is 0.240 e. The molecule has 5 N–H and O–H groups in total. The van der Waals surface area contributed by atoms with E-state index < -0.39 is 11.9 Å². The number of Topliss-reactive ketones (excluding diaryl/α,β-unsaturated/α-hetero) is 1. The van der Waals surface area contributed by atoms with E-state index in [-0.39, 0.29) is 23.5 Å². The summed E-state index contributed by atoms with van der Waals surface area (Å²) in [5.41, 5.74) is 10.8. The minimum absolute atomic E-state index is 0.0502. The van der Waals surface area contributed by atoms with Gasteiger partial charge in [0.15, 0.2) is 0 Å². The zero-order valence-electron chi connectivity index (χ0n) is 13.4. The maximum atomic E-state index is 12.3. The topological polar surface area (TPSA) is 115 Å². The van der Waals surface area contributed by atoms with Gasteiger partial charge < -0.3 is 21.6 Å². The largest absolute Gasteiger partial charge is 0.368 e. The summed E-state index contributed by atoms with van der Waals surface area (Å²) in [6.07, 6.45) is 2.67. The highest BCUT2D eigenvalue weighted by Gasteiger charge is 2.24.